The Morgan fingerprint density at radius 1 is 1.16 bits per heavy atom. The van der Waals surface area contributed by atoms with Gasteiger partial charge in [-0.05, 0) is 48.6 Å². The number of carbonyl (C=O) groups excluding carboxylic acids is 1. The van der Waals surface area contributed by atoms with Crippen LogP contribution in [-0.2, 0) is 11.3 Å². The van der Waals surface area contributed by atoms with Gasteiger partial charge in [0.2, 0.25) is 11.8 Å². The van der Waals surface area contributed by atoms with Gasteiger partial charge in [0.15, 0.2) is 3.95 Å². The van der Waals surface area contributed by atoms with Gasteiger partial charge in [-0.2, -0.15) is 0 Å². The van der Waals surface area contributed by atoms with E-state index in [-0.39, 0.29) is 30.3 Å². The molecule has 1 aliphatic rings. The van der Waals surface area contributed by atoms with Gasteiger partial charge >= 0.3 is 5.97 Å². The van der Waals surface area contributed by atoms with Crippen molar-refractivity contribution in [1.29, 1.82) is 0 Å². The monoisotopic (exact) mass is 451 g/mol. The van der Waals surface area contributed by atoms with Crippen molar-refractivity contribution in [2.24, 2.45) is 4.99 Å². The average molecular weight is 452 g/mol. The molecule has 0 saturated heterocycles. The average Bonchev–Trinajstić information content (AvgIpc) is 3.28. The topological polar surface area (TPSA) is 104 Å². The van der Waals surface area contributed by atoms with Crippen molar-refractivity contribution in [2.75, 3.05) is 5.32 Å². The highest BCUT2D eigenvalue weighted by atomic mass is 32.1. The molecule has 1 amide bonds. The predicted molar refractivity (Wildman–Crippen MR) is 124 cm³/mol. The first-order valence-corrected chi connectivity index (χ1v) is 10.6. The molecule has 0 unspecified atom stereocenters. The summed E-state index contributed by atoms with van der Waals surface area (Å²) in [5.41, 5.74) is 3.39. The summed E-state index contributed by atoms with van der Waals surface area (Å²) in [7, 11) is 0. The first-order chi connectivity index (χ1) is 14.9. The second-order valence-corrected chi connectivity index (χ2v) is 8.44. The molecule has 0 saturated carbocycles. The Kier molecular flexibility index (Phi) is 5.79. The molecule has 3 N–H and O–H groups in total. The number of aromatic nitrogens is 1. The van der Waals surface area contributed by atoms with Crippen LogP contribution in [0.25, 0.3) is 11.6 Å². The fourth-order valence-corrected chi connectivity index (χ4v) is 4.44. The number of benzene rings is 2. The number of hydrogen-bond donors (Lipinski definition) is 3. The predicted octanol–water partition coefficient (Wildman–Crippen LogP) is 4.97. The van der Waals surface area contributed by atoms with Gasteiger partial charge in [-0.15, -0.1) is 11.3 Å². The molecule has 1 aliphatic heterocycles. The quantitative estimate of drug-likeness (QED) is 0.459. The van der Waals surface area contributed by atoms with E-state index in [1.54, 1.807) is 6.21 Å². The number of rotatable bonds is 6. The van der Waals surface area contributed by atoms with Crippen molar-refractivity contribution in [3.63, 3.8) is 0 Å². The van der Waals surface area contributed by atoms with Crippen LogP contribution < -0.4 is 5.32 Å². The number of amides is 1. The molecule has 1 aromatic heterocycles. The third kappa shape index (κ3) is 4.47. The van der Waals surface area contributed by atoms with E-state index in [9.17, 15) is 14.7 Å². The number of thiazole rings is 1. The second-order valence-electron chi connectivity index (χ2n) is 6.76. The molecule has 9 heteroatoms. The van der Waals surface area contributed by atoms with Crippen molar-refractivity contribution in [3.05, 3.63) is 68.5 Å². The SMILES string of the molecule is O=C(CCn1c(O)c(/C=C2\C=Nc3ccccc32)sc1=S)Nc1ccc(C(=O)O)cc1. The van der Waals surface area contributed by atoms with Crippen LogP contribution in [0.15, 0.2) is 53.5 Å². The number of anilines is 1. The van der Waals surface area contributed by atoms with E-state index in [0.29, 0.717) is 14.5 Å². The molecule has 0 spiro atoms. The summed E-state index contributed by atoms with van der Waals surface area (Å²) in [6, 6.07) is 13.6. The van der Waals surface area contributed by atoms with E-state index >= 15 is 0 Å². The van der Waals surface area contributed by atoms with Gasteiger partial charge in [-0.25, -0.2) is 4.79 Å². The van der Waals surface area contributed by atoms with Crippen LogP contribution >= 0.6 is 23.6 Å². The summed E-state index contributed by atoms with van der Waals surface area (Å²) in [5, 5.41) is 22.3. The molecule has 4 rings (SSSR count). The number of hydrogen-bond acceptors (Lipinski definition) is 6. The highest BCUT2D eigenvalue weighted by molar-refractivity contribution is 7.73. The summed E-state index contributed by atoms with van der Waals surface area (Å²) in [5.74, 6) is -1.29. The summed E-state index contributed by atoms with van der Waals surface area (Å²) in [6.45, 7) is 0.216. The lowest BCUT2D eigenvalue weighted by atomic mass is 10.1. The fourth-order valence-electron chi connectivity index (χ4n) is 3.13. The summed E-state index contributed by atoms with van der Waals surface area (Å²) in [6.07, 6.45) is 3.69. The minimum atomic E-state index is -1.03. The number of nitrogens with zero attached hydrogens (tertiary/aromatic N) is 2. The van der Waals surface area contributed by atoms with E-state index in [2.05, 4.69) is 10.3 Å². The number of nitrogens with one attached hydrogen (secondary N) is 1. The Labute approximate surface area is 186 Å². The smallest absolute Gasteiger partial charge is 0.335 e. The van der Waals surface area contributed by atoms with Crippen molar-refractivity contribution in [3.8, 4) is 5.88 Å². The Morgan fingerprint density at radius 3 is 2.65 bits per heavy atom. The number of carboxylic acid groups (broad SMARTS) is 1. The molecule has 7 nitrogen and oxygen atoms in total. The lowest BCUT2D eigenvalue weighted by Gasteiger charge is -2.07. The summed E-state index contributed by atoms with van der Waals surface area (Å²) >= 11 is 6.64. The van der Waals surface area contributed by atoms with Crippen molar-refractivity contribution >= 4 is 64.7 Å². The third-order valence-corrected chi connectivity index (χ3v) is 6.10. The number of carbonyl (C=O) groups is 2. The molecule has 0 fully saturated rings. The van der Waals surface area contributed by atoms with E-state index in [1.165, 1.54) is 40.2 Å². The lowest BCUT2D eigenvalue weighted by Crippen LogP contribution is -2.14. The van der Waals surface area contributed by atoms with E-state index in [4.69, 9.17) is 17.3 Å². The van der Waals surface area contributed by atoms with Gasteiger partial charge in [0.05, 0.1) is 16.1 Å². The Bertz CT molecular complexity index is 1290. The molecule has 2 heterocycles. The van der Waals surface area contributed by atoms with Crippen LogP contribution in [0, 0.1) is 3.95 Å². The number of aliphatic imine (C=N–C) groups is 1. The Balaban J connectivity index is 1.44. The summed E-state index contributed by atoms with van der Waals surface area (Å²) in [4.78, 5) is 28.1. The third-order valence-electron chi connectivity index (χ3n) is 4.72. The van der Waals surface area contributed by atoms with Crippen molar-refractivity contribution in [2.45, 2.75) is 13.0 Å². The maximum Gasteiger partial charge on any atom is 0.335 e. The van der Waals surface area contributed by atoms with E-state index in [0.717, 1.165) is 16.8 Å². The number of carboxylic acids is 1. The molecule has 3 aromatic rings. The van der Waals surface area contributed by atoms with Crippen LogP contribution in [0.5, 0.6) is 5.88 Å². The minimum absolute atomic E-state index is 0.0129. The van der Waals surface area contributed by atoms with Gasteiger partial charge in [-0.3, -0.25) is 14.4 Å². The van der Waals surface area contributed by atoms with Gasteiger partial charge in [0.1, 0.15) is 0 Å². The molecule has 0 radical (unpaired) electrons. The first kappa shape index (κ1) is 20.7. The first-order valence-electron chi connectivity index (χ1n) is 9.33. The Morgan fingerprint density at radius 2 is 1.90 bits per heavy atom. The highest BCUT2D eigenvalue weighted by Crippen LogP contribution is 2.35. The van der Waals surface area contributed by atoms with Crippen LogP contribution in [0.4, 0.5) is 11.4 Å². The van der Waals surface area contributed by atoms with Crippen LogP contribution in [0.3, 0.4) is 0 Å². The molecular weight excluding hydrogens is 434 g/mol. The largest absolute Gasteiger partial charge is 0.493 e. The molecule has 0 aliphatic carbocycles. The molecule has 31 heavy (non-hydrogen) atoms. The van der Waals surface area contributed by atoms with Crippen molar-refractivity contribution in [1.82, 2.24) is 4.57 Å². The number of allylic oxidation sites excluding steroid dienone is 1. The van der Waals surface area contributed by atoms with Crippen LogP contribution in [0.2, 0.25) is 0 Å². The maximum absolute atomic E-state index is 12.3. The van der Waals surface area contributed by atoms with Crippen molar-refractivity contribution < 1.29 is 19.8 Å². The zero-order valence-corrected chi connectivity index (χ0v) is 17.7. The number of aromatic hydroxyl groups is 1. The number of aromatic carboxylic acids is 1. The second kappa shape index (κ2) is 8.66. The summed E-state index contributed by atoms with van der Waals surface area (Å²) < 4.78 is 1.99. The normalized spacial score (nSPS) is 13.4. The highest BCUT2D eigenvalue weighted by Gasteiger charge is 2.16. The van der Waals surface area contributed by atoms with Gasteiger partial charge in [-0.1, -0.05) is 18.2 Å². The van der Waals surface area contributed by atoms with Gasteiger partial charge in [0.25, 0.3) is 0 Å². The number of fused-ring (bicyclic) bond motifs is 1. The van der Waals surface area contributed by atoms with Gasteiger partial charge in [0, 0.05) is 36.0 Å². The zero-order valence-electron chi connectivity index (χ0n) is 16.1. The zero-order chi connectivity index (χ0) is 22.0. The molecular formula is C22H17N3O4S2. The molecule has 2 aromatic carbocycles. The number of para-hydroxylation sites is 1. The van der Waals surface area contributed by atoms with Crippen LogP contribution in [0.1, 0.15) is 27.2 Å². The molecule has 0 bridgehead atoms. The minimum Gasteiger partial charge on any atom is -0.493 e. The Hall–Kier alpha value is -3.56. The maximum atomic E-state index is 12.3. The lowest BCUT2D eigenvalue weighted by molar-refractivity contribution is -0.116. The standard InChI is InChI=1S/C22H17N3O4S2/c26-19(24-15-7-5-13(6-8-15)21(28)29)9-10-25-20(27)18(31-22(25)30)11-14-12-23-17-4-2-1-3-16(14)17/h1-8,11-12,27H,9-10H2,(H,24,26)(H,28,29)/b14-11+. The van der Waals surface area contributed by atoms with E-state index < -0.39 is 5.97 Å². The fraction of sp³-hybridized carbons (Fsp3) is 0.0909. The molecule has 0 atom stereocenters. The van der Waals surface area contributed by atoms with E-state index in [1.807, 2.05) is 30.3 Å². The molecule has 156 valence electrons. The van der Waals surface area contributed by atoms with Crippen LogP contribution in [-0.4, -0.2) is 32.9 Å². The van der Waals surface area contributed by atoms with Gasteiger partial charge < -0.3 is 15.5 Å².